The summed E-state index contributed by atoms with van der Waals surface area (Å²) >= 11 is 0. The quantitative estimate of drug-likeness (QED) is 0.215. The van der Waals surface area contributed by atoms with Gasteiger partial charge in [-0.1, -0.05) is 0 Å². The summed E-state index contributed by atoms with van der Waals surface area (Å²) in [4.78, 5) is 55.4. The van der Waals surface area contributed by atoms with Crippen molar-refractivity contribution in [1.82, 2.24) is 10.6 Å². The molecule has 0 aromatic carbocycles. The Morgan fingerprint density at radius 1 is 0.958 bits per heavy atom. The van der Waals surface area contributed by atoms with Crippen LogP contribution in [0.5, 0.6) is 0 Å². The standard InChI is InChI=1S/C13H20N3O8/c14-8(1-3-10(19)20)12(23)16-9(2-4-11(21)22)13(24)15-7(5-17)6-18/h7-9,17H,1-5,14H2,(H,15,24)(H,16,23)(H,19,20)(H,21,22)/t7-,8-,9-/m0/s1. The number of carboxylic acid groups (broad SMARTS) is 2. The lowest BCUT2D eigenvalue weighted by molar-refractivity contribution is -0.139. The molecule has 0 heterocycles. The van der Waals surface area contributed by atoms with Gasteiger partial charge in [-0.3, -0.25) is 24.0 Å². The SMILES string of the molecule is N[C@@H](CCC(=O)O)C(=O)N[C@@H](CCC(=O)O)C(=O)N[C@H]([C]=O)CO. The maximum absolute atomic E-state index is 12.0. The minimum absolute atomic E-state index is 0.171. The van der Waals surface area contributed by atoms with E-state index in [0.29, 0.717) is 0 Å². The Kier molecular flexibility index (Phi) is 9.91. The summed E-state index contributed by atoms with van der Waals surface area (Å²) in [5.74, 6) is -4.08. The molecule has 0 unspecified atom stereocenters. The third kappa shape index (κ3) is 8.80. The molecule has 135 valence electrons. The van der Waals surface area contributed by atoms with Gasteiger partial charge in [0, 0.05) is 12.8 Å². The van der Waals surface area contributed by atoms with Crippen molar-refractivity contribution >= 4 is 30.0 Å². The Morgan fingerprint density at radius 2 is 1.50 bits per heavy atom. The van der Waals surface area contributed by atoms with Crippen molar-refractivity contribution in [3.63, 3.8) is 0 Å². The Morgan fingerprint density at radius 3 is 1.96 bits per heavy atom. The number of nitrogens with two attached hydrogens (primary N) is 1. The predicted octanol–water partition coefficient (Wildman–Crippen LogP) is -2.89. The first-order chi connectivity index (χ1) is 11.2. The highest BCUT2D eigenvalue weighted by atomic mass is 16.4. The van der Waals surface area contributed by atoms with E-state index in [4.69, 9.17) is 21.1 Å². The van der Waals surface area contributed by atoms with Gasteiger partial charge in [-0.05, 0) is 12.8 Å². The van der Waals surface area contributed by atoms with Crippen LogP contribution in [0.25, 0.3) is 0 Å². The zero-order valence-electron chi connectivity index (χ0n) is 12.7. The largest absolute Gasteiger partial charge is 0.481 e. The van der Waals surface area contributed by atoms with Crippen LogP contribution in [0.2, 0.25) is 0 Å². The number of rotatable bonds is 12. The molecule has 3 atom stereocenters. The van der Waals surface area contributed by atoms with E-state index in [0.717, 1.165) is 0 Å². The normalized spacial score (nSPS) is 14.1. The number of carboxylic acids is 2. The molecule has 1 radical (unpaired) electrons. The molecule has 7 N–H and O–H groups in total. The summed E-state index contributed by atoms with van der Waals surface area (Å²) < 4.78 is 0. The Bertz CT molecular complexity index is 482. The van der Waals surface area contributed by atoms with Crippen LogP contribution in [0.4, 0.5) is 0 Å². The van der Waals surface area contributed by atoms with E-state index in [-0.39, 0.29) is 19.3 Å². The Hall–Kier alpha value is -2.53. The second-order valence-corrected chi connectivity index (χ2v) is 4.89. The molecule has 24 heavy (non-hydrogen) atoms. The summed E-state index contributed by atoms with van der Waals surface area (Å²) in [7, 11) is 0. The molecule has 0 aromatic rings. The Balaban J connectivity index is 4.83. The maximum atomic E-state index is 12.0. The maximum Gasteiger partial charge on any atom is 0.303 e. The van der Waals surface area contributed by atoms with E-state index in [1.54, 1.807) is 0 Å². The summed E-state index contributed by atoms with van der Waals surface area (Å²) in [6.07, 6.45) is 0.106. The van der Waals surface area contributed by atoms with Gasteiger partial charge in [0.05, 0.1) is 12.6 Å². The van der Waals surface area contributed by atoms with Gasteiger partial charge in [0.25, 0.3) is 0 Å². The molecule has 0 spiro atoms. The zero-order valence-corrected chi connectivity index (χ0v) is 12.7. The molecule has 0 rings (SSSR count). The van der Waals surface area contributed by atoms with E-state index >= 15 is 0 Å². The van der Waals surface area contributed by atoms with Gasteiger partial charge in [-0.15, -0.1) is 0 Å². The van der Waals surface area contributed by atoms with Crippen molar-refractivity contribution in [1.29, 1.82) is 0 Å². The molecule has 0 aliphatic carbocycles. The second kappa shape index (κ2) is 11.1. The highest BCUT2D eigenvalue weighted by Crippen LogP contribution is 2.02. The number of nitrogens with one attached hydrogen (secondary N) is 2. The minimum Gasteiger partial charge on any atom is -0.481 e. The van der Waals surface area contributed by atoms with Crippen molar-refractivity contribution in [2.75, 3.05) is 6.61 Å². The van der Waals surface area contributed by atoms with Gasteiger partial charge >= 0.3 is 11.9 Å². The van der Waals surface area contributed by atoms with Crippen LogP contribution < -0.4 is 16.4 Å². The van der Waals surface area contributed by atoms with E-state index in [2.05, 4.69) is 10.6 Å². The van der Waals surface area contributed by atoms with Gasteiger partial charge in [0.1, 0.15) is 12.1 Å². The number of carbonyl (C=O) groups excluding carboxylic acids is 3. The fourth-order valence-corrected chi connectivity index (χ4v) is 1.61. The lowest BCUT2D eigenvalue weighted by Gasteiger charge is -2.21. The summed E-state index contributed by atoms with van der Waals surface area (Å²) in [5, 5.41) is 30.3. The van der Waals surface area contributed by atoms with Crippen LogP contribution >= 0.6 is 0 Å². The molecule has 2 amide bonds. The zero-order chi connectivity index (χ0) is 18.7. The van der Waals surface area contributed by atoms with Crippen LogP contribution in [0.15, 0.2) is 0 Å². The number of amides is 2. The number of hydrogen-bond acceptors (Lipinski definition) is 7. The predicted molar refractivity (Wildman–Crippen MR) is 78.4 cm³/mol. The van der Waals surface area contributed by atoms with Crippen molar-refractivity contribution in [2.45, 2.75) is 43.8 Å². The van der Waals surface area contributed by atoms with Crippen LogP contribution in [-0.2, 0) is 24.0 Å². The molecule has 0 bridgehead atoms. The summed E-state index contributed by atoms with van der Waals surface area (Å²) in [6, 6.07) is -3.83. The van der Waals surface area contributed by atoms with E-state index in [1.165, 1.54) is 6.29 Å². The number of aliphatic hydroxyl groups is 1. The fraction of sp³-hybridized carbons (Fsp3) is 0.615. The van der Waals surface area contributed by atoms with Crippen LogP contribution in [-0.4, -0.2) is 70.1 Å². The van der Waals surface area contributed by atoms with Gasteiger partial charge in [0.15, 0.2) is 0 Å². The van der Waals surface area contributed by atoms with Gasteiger partial charge < -0.3 is 31.7 Å². The minimum atomic E-state index is -1.32. The van der Waals surface area contributed by atoms with Crippen LogP contribution in [0, 0.1) is 0 Å². The van der Waals surface area contributed by atoms with Crippen molar-refractivity contribution in [3.8, 4) is 0 Å². The third-order valence-corrected chi connectivity index (χ3v) is 2.93. The topological polar surface area (TPSA) is 196 Å². The highest BCUT2D eigenvalue weighted by molar-refractivity contribution is 5.91. The van der Waals surface area contributed by atoms with E-state index < -0.39 is 54.9 Å². The Labute approximate surface area is 137 Å². The van der Waals surface area contributed by atoms with Gasteiger partial charge in [0.2, 0.25) is 18.1 Å². The molecule has 11 nitrogen and oxygen atoms in total. The second-order valence-electron chi connectivity index (χ2n) is 4.89. The smallest absolute Gasteiger partial charge is 0.303 e. The van der Waals surface area contributed by atoms with Crippen LogP contribution in [0.1, 0.15) is 25.7 Å². The molecular weight excluding hydrogens is 326 g/mol. The molecule has 0 aliphatic heterocycles. The molecule has 0 saturated heterocycles. The monoisotopic (exact) mass is 346 g/mol. The lowest BCUT2D eigenvalue weighted by Crippen LogP contribution is -2.54. The van der Waals surface area contributed by atoms with Crippen molar-refractivity contribution in [3.05, 3.63) is 0 Å². The number of aliphatic hydroxyl groups excluding tert-OH is 1. The average molecular weight is 346 g/mol. The third-order valence-electron chi connectivity index (χ3n) is 2.93. The molecule has 0 fully saturated rings. The average Bonchev–Trinajstić information content (AvgIpc) is 2.53. The summed E-state index contributed by atoms with van der Waals surface area (Å²) in [5.41, 5.74) is 5.50. The summed E-state index contributed by atoms with van der Waals surface area (Å²) in [6.45, 7) is -0.715. The highest BCUT2D eigenvalue weighted by Gasteiger charge is 2.26. The molecular formula is C13H20N3O8. The lowest BCUT2D eigenvalue weighted by atomic mass is 10.1. The van der Waals surface area contributed by atoms with E-state index in [1.807, 2.05) is 0 Å². The first-order valence-corrected chi connectivity index (χ1v) is 6.99. The molecule has 0 aromatic heterocycles. The number of aliphatic carboxylic acids is 2. The van der Waals surface area contributed by atoms with Gasteiger partial charge in [-0.2, -0.15) is 0 Å². The number of carbonyl (C=O) groups is 4. The fourth-order valence-electron chi connectivity index (χ4n) is 1.61. The van der Waals surface area contributed by atoms with Crippen LogP contribution in [0.3, 0.4) is 0 Å². The van der Waals surface area contributed by atoms with Gasteiger partial charge in [-0.25, -0.2) is 0 Å². The molecule has 0 aliphatic rings. The van der Waals surface area contributed by atoms with E-state index in [9.17, 15) is 24.0 Å². The number of hydrogen-bond donors (Lipinski definition) is 6. The first-order valence-electron chi connectivity index (χ1n) is 6.99. The van der Waals surface area contributed by atoms with Crippen molar-refractivity contribution < 1.29 is 39.3 Å². The van der Waals surface area contributed by atoms with Crippen molar-refractivity contribution in [2.24, 2.45) is 5.73 Å². The first kappa shape index (κ1) is 21.5. The molecule has 11 heteroatoms. The molecule has 0 saturated carbocycles.